The number of alkyl halides is 3. The number of rotatable bonds is 1. The molecule has 1 aromatic carbocycles. The summed E-state index contributed by atoms with van der Waals surface area (Å²) in [5.74, 6) is -3.46. The monoisotopic (exact) mass is 389 g/mol. The number of benzene rings is 1. The fourth-order valence-electron chi connectivity index (χ4n) is 3.17. The number of quaternary nitrogens is 1. The van der Waals surface area contributed by atoms with Crippen molar-refractivity contribution in [2.24, 2.45) is 0 Å². The molecular weight excluding hydrogens is 370 g/mol. The summed E-state index contributed by atoms with van der Waals surface area (Å²) in [6, 6.07) is 5.56. The highest BCUT2D eigenvalue weighted by atomic mass is 19.4. The SMILES string of the molecule is Cc1c([C@H]2CN3CC[NH2+]C[C@H]3CO2)ccc(F)c1C#N.O=C([O-])C(F)(F)F. The van der Waals surface area contributed by atoms with Crippen LogP contribution in [0.2, 0.25) is 0 Å². The molecule has 0 spiro atoms. The number of carboxylic acids is 1. The number of piperazine rings is 1. The highest BCUT2D eigenvalue weighted by Gasteiger charge is 2.34. The first kappa shape index (κ1) is 21.1. The zero-order chi connectivity index (χ0) is 20.2. The molecule has 0 amide bonds. The molecule has 3 rings (SSSR count). The van der Waals surface area contributed by atoms with E-state index >= 15 is 0 Å². The van der Waals surface area contributed by atoms with Gasteiger partial charge < -0.3 is 20.0 Å². The Morgan fingerprint density at radius 3 is 2.70 bits per heavy atom. The largest absolute Gasteiger partial charge is 0.542 e. The topological polar surface area (TPSA) is 93.0 Å². The van der Waals surface area contributed by atoms with Crippen LogP contribution < -0.4 is 10.4 Å². The van der Waals surface area contributed by atoms with Crippen molar-refractivity contribution in [3.05, 3.63) is 34.6 Å². The third kappa shape index (κ3) is 5.15. The Morgan fingerprint density at radius 1 is 1.44 bits per heavy atom. The van der Waals surface area contributed by atoms with Gasteiger partial charge in [-0.15, -0.1) is 0 Å². The number of morpholine rings is 1. The molecule has 2 N–H and O–H groups in total. The molecule has 148 valence electrons. The van der Waals surface area contributed by atoms with Gasteiger partial charge >= 0.3 is 6.18 Å². The first-order chi connectivity index (χ1) is 12.6. The molecule has 2 fully saturated rings. The Kier molecular flexibility index (Phi) is 6.75. The van der Waals surface area contributed by atoms with E-state index in [-0.39, 0.29) is 11.7 Å². The van der Waals surface area contributed by atoms with Gasteiger partial charge in [0.25, 0.3) is 0 Å². The number of halogens is 4. The summed E-state index contributed by atoms with van der Waals surface area (Å²) < 4.78 is 51.1. The maximum Gasteiger partial charge on any atom is 0.430 e. The van der Waals surface area contributed by atoms with Crippen molar-refractivity contribution in [3.63, 3.8) is 0 Å². The second kappa shape index (κ2) is 8.65. The number of fused-ring (bicyclic) bond motifs is 1. The van der Waals surface area contributed by atoms with Gasteiger partial charge in [0.2, 0.25) is 0 Å². The van der Waals surface area contributed by atoms with Gasteiger partial charge in [0.15, 0.2) is 0 Å². The van der Waals surface area contributed by atoms with Gasteiger partial charge in [-0.2, -0.15) is 18.4 Å². The predicted molar refractivity (Wildman–Crippen MR) is 82.6 cm³/mol. The lowest BCUT2D eigenvalue weighted by Gasteiger charge is -2.41. The number of hydrogen-bond donors (Lipinski definition) is 1. The van der Waals surface area contributed by atoms with Crippen LogP contribution in [0.4, 0.5) is 17.6 Å². The van der Waals surface area contributed by atoms with E-state index in [1.165, 1.54) is 6.07 Å². The molecule has 0 saturated carbocycles. The molecule has 6 nitrogen and oxygen atoms in total. The van der Waals surface area contributed by atoms with Gasteiger partial charge in [0.1, 0.15) is 17.9 Å². The minimum atomic E-state index is -5.19. The van der Waals surface area contributed by atoms with Crippen LogP contribution in [0.3, 0.4) is 0 Å². The highest BCUT2D eigenvalue weighted by molar-refractivity contribution is 5.70. The first-order valence-electron chi connectivity index (χ1n) is 8.29. The molecule has 0 bridgehead atoms. The van der Waals surface area contributed by atoms with Gasteiger partial charge in [-0.05, 0) is 24.1 Å². The third-order valence-electron chi connectivity index (χ3n) is 4.61. The van der Waals surface area contributed by atoms with Gasteiger partial charge in [-0.25, -0.2) is 4.39 Å². The van der Waals surface area contributed by atoms with E-state index in [0.717, 1.165) is 31.7 Å². The third-order valence-corrected chi connectivity index (χ3v) is 4.61. The number of hydrogen-bond acceptors (Lipinski definition) is 5. The molecule has 0 radical (unpaired) electrons. The van der Waals surface area contributed by atoms with E-state index in [1.54, 1.807) is 13.0 Å². The molecule has 2 atom stereocenters. The summed E-state index contributed by atoms with van der Waals surface area (Å²) in [4.78, 5) is 11.2. The van der Waals surface area contributed by atoms with E-state index in [0.29, 0.717) is 18.2 Å². The van der Waals surface area contributed by atoms with E-state index in [4.69, 9.17) is 19.9 Å². The number of nitrogens with zero attached hydrogens (tertiary/aromatic N) is 2. The summed E-state index contributed by atoms with van der Waals surface area (Å²) >= 11 is 0. The summed E-state index contributed by atoms with van der Waals surface area (Å²) in [6.45, 7) is 6.61. The number of nitrogens with two attached hydrogens (primary N) is 1. The van der Waals surface area contributed by atoms with E-state index in [1.807, 2.05) is 6.07 Å². The lowest BCUT2D eigenvalue weighted by molar-refractivity contribution is -0.670. The fourth-order valence-corrected chi connectivity index (χ4v) is 3.17. The molecule has 0 unspecified atom stereocenters. The molecule has 27 heavy (non-hydrogen) atoms. The van der Waals surface area contributed by atoms with Gasteiger partial charge in [0.05, 0.1) is 37.4 Å². The Hall–Kier alpha value is -2.22. The number of nitriles is 1. The normalized spacial score (nSPS) is 22.8. The van der Waals surface area contributed by atoms with Crippen molar-refractivity contribution in [1.82, 2.24) is 4.90 Å². The number of carboxylic acid groups (broad SMARTS) is 1. The van der Waals surface area contributed by atoms with Crippen molar-refractivity contribution >= 4 is 5.97 Å². The first-order valence-corrected chi connectivity index (χ1v) is 8.29. The number of ether oxygens (including phenoxy) is 1. The van der Waals surface area contributed by atoms with Gasteiger partial charge in [-0.1, -0.05) is 6.07 Å². The second-order valence-corrected chi connectivity index (χ2v) is 6.32. The summed E-state index contributed by atoms with van der Waals surface area (Å²) in [6.07, 6.45) is -5.25. The standard InChI is InChI=1S/C15H18FN3O.C2HF3O2/c1-10-12(2-3-14(16)13(10)6-17)15-8-19-5-4-18-7-11(19)9-20-15;3-2(4,5)1(6)7/h2-3,11,15,18H,4-5,7-9H2,1H3;(H,6,7)/t11-,15+;/m0./s1. The maximum absolute atomic E-state index is 13.6. The zero-order valence-electron chi connectivity index (χ0n) is 14.6. The lowest BCUT2D eigenvalue weighted by atomic mass is 9.96. The molecule has 1 aromatic rings. The molecule has 10 heteroatoms. The Morgan fingerprint density at radius 2 is 2.11 bits per heavy atom. The molecular formula is C17H19F4N3O3. The molecule has 2 saturated heterocycles. The summed E-state index contributed by atoms with van der Waals surface area (Å²) in [7, 11) is 0. The van der Waals surface area contributed by atoms with Crippen molar-refractivity contribution in [1.29, 1.82) is 5.26 Å². The van der Waals surface area contributed by atoms with Crippen LogP contribution in [-0.4, -0.2) is 55.9 Å². The zero-order valence-corrected chi connectivity index (χ0v) is 14.6. The van der Waals surface area contributed by atoms with Crippen molar-refractivity contribution in [3.8, 4) is 6.07 Å². The second-order valence-electron chi connectivity index (χ2n) is 6.32. The minimum absolute atomic E-state index is 0.0583. The highest BCUT2D eigenvalue weighted by Crippen LogP contribution is 2.29. The van der Waals surface area contributed by atoms with Crippen LogP contribution in [0.5, 0.6) is 0 Å². The van der Waals surface area contributed by atoms with Crippen LogP contribution in [0.15, 0.2) is 12.1 Å². The van der Waals surface area contributed by atoms with Crippen LogP contribution in [0.25, 0.3) is 0 Å². The number of carbonyl (C=O) groups is 1. The molecule has 2 heterocycles. The lowest BCUT2D eigenvalue weighted by Crippen LogP contribution is -2.92. The smallest absolute Gasteiger partial charge is 0.430 e. The van der Waals surface area contributed by atoms with Crippen LogP contribution >= 0.6 is 0 Å². The van der Waals surface area contributed by atoms with E-state index < -0.39 is 18.0 Å². The average Bonchev–Trinajstić information content (AvgIpc) is 2.61. The van der Waals surface area contributed by atoms with Crippen molar-refractivity contribution in [2.75, 3.05) is 32.8 Å². The minimum Gasteiger partial charge on any atom is -0.542 e. The van der Waals surface area contributed by atoms with Crippen LogP contribution in [0.1, 0.15) is 22.8 Å². The molecule has 0 aromatic heterocycles. The average molecular weight is 389 g/mol. The quantitative estimate of drug-likeness (QED) is 0.662. The van der Waals surface area contributed by atoms with Crippen LogP contribution in [-0.2, 0) is 9.53 Å². The summed E-state index contributed by atoms with van der Waals surface area (Å²) in [5.41, 5.74) is 1.79. The summed E-state index contributed by atoms with van der Waals surface area (Å²) in [5, 5.41) is 20.2. The number of aliphatic carboxylic acids is 1. The van der Waals surface area contributed by atoms with E-state index in [2.05, 4.69) is 10.2 Å². The number of carbonyl (C=O) groups excluding carboxylic acids is 1. The molecule has 2 aliphatic heterocycles. The Labute approximate surface area is 153 Å². The molecule has 2 aliphatic rings. The fraction of sp³-hybridized carbons (Fsp3) is 0.529. The van der Waals surface area contributed by atoms with Gasteiger partial charge in [-0.3, -0.25) is 4.90 Å². The van der Waals surface area contributed by atoms with E-state index in [9.17, 15) is 17.6 Å². The van der Waals surface area contributed by atoms with Gasteiger partial charge in [0, 0.05) is 13.1 Å². The van der Waals surface area contributed by atoms with Crippen LogP contribution in [0, 0.1) is 24.1 Å². The Bertz CT molecular complexity index is 733. The predicted octanol–water partition coefficient (Wildman–Crippen LogP) is -0.377. The van der Waals surface area contributed by atoms with Crippen molar-refractivity contribution in [2.45, 2.75) is 25.2 Å². The Balaban J connectivity index is 0.000000321. The maximum atomic E-state index is 13.6. The van der Waals surface area contributed by atoms with Crippen molar-refractivity contribution < 1.29 is 37.5 Å². The molecule has 0 aliphatic carbocycles.